The summed E-state index contributed by atoms with van der Waals surface area (Å²) in [4.78, 5) is 23.9. The molecule has 0 aliphatic carbocycles. The van der Waals surface area contributed by atoms with Gasteiger partial charge in [0.15, 0.2) is 0 Å². The number of imide groups is 1. The lowest BCUT2D eigenvalue weighted by molar-refractivity contribution is -0.122. The van der Waals surface area contributed by atoms with Gasteiger partial charge in [-0.15, -0.1) is 0 Å². The van der Waals surface area contributed by atoms with Crippen molar-refractivity contribution >= 4 is 11.9 Å². The van der Waals surface area contributed by atoms with Crippen molar-refractivity contribution in [1.82, 2.24) is 16.0 Å². The quantitative estimate of drug-likeness (QED) is 0.728. The monoisotopic (exact) mass is 329 g/mol. The van der Waals surface area contributed by atoms with Crippen LogP contribution in [-0.4, -0.2) is 25.0 Å². The normalized spacial score (nSPS) is 13.1. The molecule has 24 heavy (non-hydrogen) atoms. The van der Waals surface area contributed by atoms with Gasteiger partial charge in [0.2, 0.25) is 5.91 Å². The number of amides is 3. The van der Waals surface area contributed by atoms with Gasteiger partial charge in [0.05, 0.1) is 6.26 Å². The summed E-state index contributed by atoms with van der Waals surface area (Å²) < 4.78 is 5.33. The van der Waals surface area contributed by atoms with E-state index in [9.17, 15) is 9.59 Å². The fraction of sp³-hybridized carbons (Fsp3) is 0.333. The Morgan fingerprint density at radius 3 is 2.50 bits per heavy atom. The molecule has 1 aromatic carbocycles. The number of carbonyl (C=O) groups is 2. The molecule has 3 N–H and O–H groups in total. The second-order valence-corrected chi connectivity index (χ2v) is 5.60. The Bertz CT molecular complexity index is 641. The van der Waals surface area contributed by atoms with E-state index >= 15 is 0 Å². The zero-order chi connectivity index (χ0) is 17.4. The van der Waals surface area contributed by atoms with Gasteiger partial charge in [-0.3, -0.25) is 15.4 Å². The van der Waals surface area contributed by atoms with E-state index < -0.39 is 12.1 Å². The summed E-state index contributed by atoms with van der Waals surface area (Å²) in [5.41, 5.74) is 0.809. The van der Waals surface area contributed by atoms with Crippen molar-refractivity contribution in [2.75, 3.05) is 7.05 Å². The van der Waals surface area contributed by atoms with Gasteiger partial charge in [-0.25, -0.2) is 4.79 Å². The Morgan fingerprint density at radius 1 is 1.12 bits per heavy atom. The molecule has 0 fully saturated rings. The number of nitrogens with one attached hydrogen (secondary N) is 3. The van der Waals surface area contributed by atoms with Crippen LogP contribution in [0.15, 0.2) is 53.1 Å². The molecule has 2 atom stereocenters. The van der Waals surface area contributed by atoms with Crippen LogP contribution in [0.2, 0.25) is 0 Å². The van der Waals surface area contributed by atoms with Crippen LogP contribution < -0.4 is 16.0 Å². The summed E-state index contributed by atoms with van der Waals surface area (Å²) in [7, 11) is 1.47. The standard InChI is InChI=1S/C18H23N3O3/c1-13(10-11-15-9-6-12-24-15)20-16(14-7-4-3-5-8-14)17(22)21-18(23)19-2/h3-9,12-13,16,20H,10-11H2,1-2H3,(H2,19,21,22,23)/t13-,16+/m0/s1. The van der Waals surface area contributed by atoms with E-state index in [1.165, 1.54) is 7.05 Å². The smallest absolute Gasteiger partial charge is 0.321 e. The summed E-state index contributed by atoms with van der Waals surface area (Å²) in [6, 6.07) is 12.1. The van der Waals surface area contributed by atoms with Crippen molar-refractivity contribution in [3.63, 3.8) is 0 Å². The number of aryl methyl sites for hydroxylation is 1. The van der Waals surface area contributed by atoms with Crippen molar-refractivity contribution in [2.24, 2.45) is 0 Å². The molecule has 0 radical (unpaired) electrons. The third-order valence-corrected chi connectivity index (χ3v) is 3.71. The lowest BCUT2D eigenvalue weighted by atomic mass is 10.0. The van der Waals surface area contributed by atoms with Crippen LogP contribution >= 0.6 is 0 Å². The van der Waals surface area contributed by atoms with Crippen LogP contribution in [0.3, 0.4) is 0 Å². The van der Waals surface area contributed by atoms with Crippen LogP contribution in [0.1, 0.15) is 30.7 Å². The van der Waals surface area contributed by atoms with Gasteiger partial charge in [0.25, 0.3) is 0 Å². The van der Waals surface area contributed by atoms with Crippen molar-refractivity contribution in [1.29, 1.82) is 0 Å². The largest absolute Gasteiger partial charge is 0.469 e. The van der Waals surface area contributed by atoms with Crippen LogP contribution in [0.5, 0.6) is 0 Å². The second kappa shape index (κ2) is 8.88. The SMILES string of the molecule is CNC(=O)NC(=O)[C@H](N[C@@H](C)CCc1ccco1)c1ccccc1. The Balaban J connectivity index is 2.02. The van der Waals surface area contributed by atoms with Gasteiger partial charge in [-0.2, -0.15) is 0 Å². The average Bonchev–Trinajstić information content (AvgIpc) is 3.12. The molecular weight excluding hydrogens is 306 g/mol. The lowest BCUT2D eigenvalue weighted by Gasteiger charge is -2.22. The molecule has 128 valence electrons. The first-order chi connectivity index (χ1) is 11.6. The maximum Gasteiger partial charge on any atom is 0.321 e. The predicted octanol–water partition coefficient (Wildman–Crippen LogP) is 2.39. The fourth-order valence-corrected chi connectivity index (χ4v) is 2.40. The molecule has 0 unspecified atom stereocenters. The Kier molecular flexibility index (Phi) is 6.57. The Hall–Kier alpha value is -2.60. The molecular formula is C18H23N3O3. The highest BCUT2D eigenvalue weighted by atomic mass is 16.3. The summed E-state index contributed by atoms with van der Waals surface area (Å²) in [6.07, 6.45) is 3.24. The molecule has 0 aliphatic heterocycles. The molecule has 0 saturated heterocycles. The Labute approximate surface area is 141 Å². The van der Waals surface area contributed by atoms with Crippen LogP contribution in [0.25, 0.3) is 0 Å². The van der Waals surface area contributed by atoms with E-state index in [1.54, 1.807) is 6.26 Å². The number of benzene rings is 1. The van der Waals surface area contributed by atoms with Gasteiger partial charge in [-0.05, 0) is 31.0 Å². The second-order valence-electron chi connectivity index (χ2n) is 5.60. The molecule has 0 bridgehead atoms. The third kappa shape index (κ3) is 5.24. The minimum Gasteiger partial charge on any atom is -0.469 e. The van der Waals surface area contributed by atoms with Gasteiger partial charge in [0.1, 0.15) is 11.8 Å². The van der Waals surface area contributed by atoms with Gasteiger partial charge < -0.3 is 9.73 Å². The summed E-state index contributed by atoms with van der Waals surface area (Å²) >= 11 is 0. The molecule has 6 nitrogen and oxygen atoms in total. The van der Waals surface area contributed by atoms with Gasteiger partial charge >= 0.3 is 6.03 Å². The maximum atomic E-state index is 12.4. The molecule has 6 heteroatoms. The molecule has 1 heterocycles. The van der Waals surface area contributed by atoms with Gasteiger partial charge in [-0.1, -0.05) is 30.3 Å². The number of hydrogen-bond donors (Lipinski definition) is 3. The zero-order valence-electron chi connectivity index (χ0n) is 13.9. The molecule has 3 amide bonds. The van der Waals surface area contributed by atoms with E-state index in [0.717, 1.165) is 24.2 Å². The molecule has 0 aliphatic rings. The fourth-order valence-electron chi connectivity index (χ4n) is 2.40. The van der Waals surface area contributed by atoms with E-state index in [-0.39, 0.29) is 11.9 Å². The van der Waals surface area contributed by atoms with Crippen molar-refractivity contribution in [3.8, 4) is 0 Å². The van der Waals surface area contributed by atoms with Gasteiger partial charge in [0, 0.05) is 19.5 Å². The Morgan fingerprint density at radius 2 is 1.88 bits per heavy atom. The number of carbonyl (C=O) groups excluding carboxylic acids is 2. The van der Waals surface area contributed by atoms with E-state index in [0.29, 0.717) is 0 Å². The summed E-state index contributed by atoms with van der Waals surface area (Å²) in [5.74, 6) is 0.528. The number of urea groups is 1. The summed E-state index contributed by atoms with van der Waals surface area (Å²) in [6.45, 7) is 2.01. The van der Waals surface area contributed by atoms with E-state index in [4.69, 9.17) is 4.42 Å². The first-order valence-corrected chi connectivity index (χ1v) is 7.96. The third-order valence-electron chi connectivity index (χ3n) is 3.71. The lowest BCUT2D eigenvalue weighted by Crippen LogP contribution is -2.46. The molecule has 1 aromatic heterocycles. The molecule has 2 aromatic rings. The molecule has 2 rings (SSSR count). The number of rotatable bonds is 7. The predicted molar refractivity (Wildman–Crippen MR) is 91.4 cm³/mol. The summed E-state index contributed by atoms with van der Waals surface area (Å²) in [5, 5.41) is 8.01. The highest BCUT2D eigenvalue weighted by molar-refractivity contribution is 5.97. The van der Waals surface area contributed by atoms with Crippen molar-refractivity contribution in [2.45, 2.75) is 31.8 Å². The maximum absolute atomic E-state index is 12.4. The molecule has 0 saturated carbocycles. The number of furan rings is 1. The van der Waals surface area contributed by atoms with E-state index in [2.05, 4.69) is 16.0 Å². The highest BCUT2D eigenvalue weighted by Crippen LogP contribution is 2.15. The minimum atomic E-state index is -0.602. The number of hydrogen-bond acceptors (Lipinski definition) is 4. The zero-order valence-corrected chi connectivity index (χ0v) is 13.9. The minimum absolute atomic E-state index is 0.0655. The first-order valence-electron chi connectivity index (χ1n) is 7.96. The average molecular weight is 329 g/mol. The molecule has 0 spiro atoms. The van der Waals surface area contributed by atoms with Crippen LogP contribution in [0.4, 0.5) is 4.79 Å². The van der Waals surface area contributed by atoms with Crippen LogP contribution in [0, 0.1) is 0 Å². The van der Waals surface area contributed by atoms with E-state index in [1.807, 2.05) is 49.4 Å². The van der Waals surface area contributed by atoms with Crippen molar-refractivity contribution < 1.29 is 14.0 Å². The van der Waals surface area contributed by atoms with Crippen LogP contribution in [-0.2, 0) is 11.2 Å². The topological polar surface area (TPSA) is 83.4 Å². The highest BCUT2D eigenvalue weighted by Gasteiger charge is 2.23. The van der Waals surface area contributed by atoms with Crippen molar-refractivity contribution in [3.05, 3.63) is 60.1 Å². The first kappa shape index (κ1) is 17.7.